The summed E-state index contributed by atoms with van der Waals surface area (Å²) in [7, 11) is 0. The number of benzene rings is 2. The van der Waals surface area contributed by atoms with Crippen molar-refractivity contribution in [1.82, 2.24) is 0 Å². The first-order valence-electron chi connectivity index (χ1n) is 5.87. The first-order chi connectivity index (χ1) is 8.90. The third kappa shape index (κ3) is 3.32. The van der Waals surface area contributed by atoms with Crippen LogP contribution in [0.5, 0.6) is 0 Å². The lowest BCUT2D eigenvalue weighted by atomic mass is 9.94. The summed E-state index contributed by atoms with van der Waals surface area (Å²) in [6, 6.07) is 10.1. The average molecular weight is 451 g/mol. The summed E-state index contributed by atoms with van der Waals surface area (Å²) in [5.41, 5.74) is 10.9. The Hall–Kier alpha value is -0.100. The van der Waals surface area contributed by atoms with E-state index in [0.29, 0.717) is 0 Å². The number of hydrogen-bond donors (Lipinski definition) is 1. The van der Waals surface area contributed by atoms with Crippen LogP contribution in [0.25, 0.3) is 0 Å². The maximum absolute atomic E-state index is 6.44. The van der Waals surface area contributed by atoms with Gasteiger partial charge in [-0.25, -0.2) is 0 Å². The molecular formula is C15H14BrClIN. The largest absolute Gasteiger partial charge is 0.320 e. The van der Waals surface area contributed by atoms with Crippen molar-refractivity contribution in [2.75, 3.05) is 0 Å². The molecule has 0 aliphatic carbocycles. The highest BCUT2D eigenvalue weighted by atomic mass is 127. The average Bonchev–Trinajstić information content (AvgIpc) is 2.36. The fourth-order valence-corrected chi connectivity index (χ4v) is 3.33. The van der Waals surface area contributed by atoms with Crippen LogP contribution in [-0.4, -0.2) is 0 Å². The molecule has 0 saturated heterocycles. The number of hydrogen-bond acceptors (Lipinski definition) is 1. The Morgan fingerprint density at radius 2 is 1.79 bits per heavy atom. The summed E-state index contributed by atoms with van der Waals surface area (Å²) in [5.74, 6) is 0. The van der Waals surface area contributed by atoms with E-state index in [9.17, 15) is 0 Å². The first kappa shape index (κ1) is 15.3. The molecule has 0 aromatic heterocycles. The molecule has 2 aromatic carbocycles. The van der Waals surface area contributed by atoms with Gasteiger partial charge in [0.15, 0.2) is 0 Å². The van der Waals surface area contributed by atoms with E-state index >= 15 is 0 Å². The molecule has 2 aromatic rings. The molecule has 0 amide bonds. The topological polar surface area (TPSA) is 26.0 Å². The highest BCUT2D eigenvalue weighted by molar-refractivity contribution is 14.1. The van der Waals surface area contributed by atoms with Crippen molar-refractivity contribution in [3.8, 4) is 0 Å². The smallest absolute Gasteiger partial charge is 0.0565 e. The fraction of sp³-hybridized carbons (Fsp3) is 0.200. The first-order valence-corrected chi connectivity index (χ1v) is 8.12. The third-order valence-corrected chi connectivity index (χ3v) is 5.06. The second kappa shape index (κ2) is 6.12. The van der Waals surface area contributed by atoms with E-state index in [1.54, 1.807) is 0 Å². The third-order valence-electron chi connectivity index (χ3n) is 3.18. The van der Waals surface area contributed by atoms with Crippen LogP contribution in [0.15, 0.2) is 34.8 Å². The van der Waals surface area contributed by atoms with E-state index < -0.39 is 0 Å². The van der Waals surface area contributed by atoms with Gasteiger partial charge >= 0.3 is 0 Å². The molecule has 100 valence electrons. The number of rotatable bonds is 2. The molecular weight excluding hydrogens is 436 g/mol. The second-order valence-electron chi connectivity index (χ2n) is 4.60. The van der Waals surface area contributed by atoms with Crippen molar-refractivity contribution in [3.05, 3.63) is 65.7 Å². The zero-order valence-electron chi connectivity index (χ0n) is 10.7. The molecule has 19 heavy (non-hydrogen) atoms. The summed E-state index contributed by atoms with van der Waals surface area (Å²) < 4.78 is 2.21. The van der Waals surface area contributed by atoms with Gasteiger partial charge in [0.25, 0.3) is 0 Å². The summed E-state index contributed by atoms with van der Waals surface area (Å²) >= 11 is 12.0. The monoisotopic (exact) mass is 449 g/mol. The van der Waals surface area contributed by atoms with Crippen molar-refractivity contribution in [2.24, 2.45) is 5.73 Å². The van der Waals surface area contributed by atoms with Gasteiger partial charge in [-0.05, 0) is 83.0 Å². The fourth-order valence-electron chi connectivity index (χ4n) is 2.06. The van der Waals surface area contributed by atoms with Gasteiger partial charge in [0.05, 0.1) is 6.04 Å². The molecule has 1 atom stereocenters. The Morgan fingerprint density at radius 1 is 1.11 bits per heavy atom. The Balaban J connectivity index is 2.52. The zero-order chi connectivity index (χ0) is 14.2. The predicted molar refractivity (Wildman–Crippen MR) is 93.8 cm³/mol. The van der Waals surface area contributed by atoms with Gasteiger partial charge in [-0.15, -0.1) is 0 Å². The van der Waals surface area contributed by atoms with Gasteiger partial charge in [0.1, 0.15) is 0 Å². The highest BCUT2D eigenvalue weighted by Gasteiger charge is 2.16. The van der Waals surface area contributed by atoms with E-state index in [-0.39, 0.29) is 6.04 Å². The molecule has 1 nitrogen and oxygen atoms in total. The summed E-state index contributed by atoms with van der Waals surface area (Å²) in [5, 5.41) is 0.789. The van der Waals surface area contributed by atoms with Crippen LogP contribution in [0.4, 0.5) is 0 Å². The quantitative estimate of drug-likeness (QED) is 0.612. The summed E-state index contributed by atoms with van der Waals surface area (Å²) in [6.45, 7) is 4.05. The molecule has 2 N–H and O–H groups in total. The summed E-state index contributed by atoms with van der Waals surface area (Å²) in [4.78, 5) is 0. The maximum atomic E-state index is 6.44. The van der Waals surface area contributed by atoms with Gasteiger partial charge in [0, 0.05) is 13.1 Å². The SMILES string of the molecule is Cc1cc(C(N)c2cc(Br)ccc2I)c(C)cc1Cl. The summed E-state index contributed by atoms with van der Waals surface area (Å²) in [6.07, 6.45) is 0. The van der Waals surface area contributed by atoms with Crippen molar-refractivity contribution in [3.63, 3.8) is 0 Å². The van der Waals surface area contributed by atoms with Crippen LogP contribution in [0.2, 0.25) is 5.02 Å². The highest BCUT2D eigenvalue weighted by Crippen LogP contribution is 2.31. The van der Waals surface area contributed by atoms with E-state index in [4.69, 9.17) is 17.3 Å². The molecule has 0 heterocycles. The molecule has 0 radical (unpaired) electrons. The van der Waals surface area contributed by atoms with Crippen LogP contribution in [0.3, 0.4) is 0 Å². The van der Waals surface area contributed by atoms with Gasteiger partial charge < -0.3 is 5.73 Å². The van der Waals surface area contributed by atoms with Crippen LogP contribution >= 0.6 is 50.1 Å². The van der Waals surface area contributed by atoms with Crippen LogP contribution in [0.1, 0.15) is 28.3 Å². The predicted octanol–water partition coefficient (Wildman–Crippen LogP) is 5.37. The van der Waals surface area contributed by atoms with Gasteiger partial charge in [-0.1, -0.05) is 33.6 Å². The Morgan fingerprint density at radius 3 is 2.47 bits per heavy atom. The lowest BCUT2D eigenvalue weighted by molar-refractivity contribution is 0.853. The minimum Gasteiger partial charge on any atom is -0.320 e. The molecule has 1 unspecified atom stereocenters. The molecule has 2 rings (SSSR count). The van der Waals surface area contributed by atoms with Crippen molar-refractivity contribution in [1.29, 1.82) is 0 Å². The van der Waals surface area contributed by atoms with Crippen molar-refractivity contribution < 1.29 is 0 Å². The van der Waals surface area contributed by atoms with E-state index in [1.165, 1.54) is 3.57 Å². The van der Waals surface area contributed by atoms with Crippen LogP contribution < -0.4 is 5.73 Å². The molecule has 0 saturated carbocycles. The number of aryl methyl sites for hydroxylation is 2. The molecule has 0 fully saturated rings. The van der Waals surface area contributed by atoms with Crippen molar-refractivity contribution >= 4 is 50.1 Å². The Bertz CT molecular complexity index is 628. The van der Waals surface area contributed by atoms with Crippen LogP contribution in [-0.2, 0) is 0 Å². The lowest BCUT2D eigenvalue weighted by Crippen LogP contribution is -2.15. The Labute approximate surface area is 140 Å². The second-order valence-corrected chi connectivity index (χ2v) is 7.09. The zero-order valence-corrected chi connectivity index (χ0v) is 15.2. The lowest BCUT2D eigenvalue weighted by Gasteiger charge is -2.18. The minimum absolute atomic E-state index is 0.139. The van der Waals surface area contributed by atoms with Crippen molar-refractivity contribution in [2.45, 2.75) is 19.9 Å². The van der Waals surface area contributed by atoms with E-state index in [0.717, 1.165) is 31.7 Å². The number of nitrogens with two attached hydrogens (primary N) is 1. The Kier molecular flexibility index (Phi) is 4.93. The standard InChI is InChI=1S/C15H14BrClIN/c1-8-6-13(17)9(2)5-11(8)15(19)12-7-10(16)3-4-14(12)18/h3-7,15H,19H2,1-2H3. The molecule has 0 bridgehead atoms. The van der Waals surface area contributed by atoms with Crippen LogP contribution in [0, 0.1) is 17.4 Å². The van der Waals surface area contributed by atoms with Gasteiger partial charge in [-0.3, -0.25) is 0 Å². The number of halogens is 3. The van der Waals surface area contributed by atoms with E-state index in [1.807, 2.05) is 26.0 Å². The molecule has 4 heteroatoms. The van der Waals surface area contributed by atoms with Gasteiger partial charge in [0.2, 0.25) is 0 Å². The van der Waals surface area contributed by atoms with E-state index in [2.05, 4.69) is 56.7 Å². The normalized spacial score (nSPS) is 12.5. The minimum atomic E-state index is -0.139. The maximum Gasteiger partial charge on any atom is 0.0565 e. The molecule has 0 aliphatic rings. The van der Waals surface area contributed by atoms with Gasteiger partial charge in [-0.2, -0.15) is 0 Å². The molecule has 0 spiro atoms. The molecule has 0 aliphatic heterocycles.